The van der Waals surface area contributed by atoms with E-state index in [2.05, 4.69) is 13.8 Å². The van der Waals surface area contributed by atoms with Crippen molar-refractivity contribution in [2.75, 3.05) is 19.8 Å². The minimum Gasteiger partial charge on any atom is -0.466 e. The summed E-state index contributed by atoms with van der Waals surface area (Å²) >= 11 is 0. The number of hydrogen-bond donors (Lipinski definition) is 0. The Bertz CT molecular complexity index is 190. The Morgan fingerprint density at radius 3 is 2.50 bits per heavy atom. The van der Waals surface area contributed by atoms with E-state index in [1.165, 1.54) is 6.92 Å². The zero-order chi connectivity index (χ0) is 10.6. The monoisotopic (exact) mass is 202 g/mol. The number of hydrogen-bond acceptors (Lipinski definition) is 4. The van der Waals surface area contributed by atoms with Gasteiger partial charge < -0.3 is 14.2 Å². The Morgan fingerprint density at radius 1 is 1.43 bits per heavy atom. The molecular formula is C10H18O4. The fourth-order valence-corrected chi connectivity index (χ4v) is 1.19. The molecule has 0 aromatic carbocycles. The van der Waals surface area contributed by atoms with E-state index in [4.69, 9.17) is 14.2 Å². The molecule has 0 N–H and O–H groups in total. The molecule has 14 heavy (non-hydrogen) atoms. The summed E-state index contributed by atoms with van der Waals surface area (Å²) in [6, 6.07) is 0. The first kappa shape index (κ1) is 11.5. The first-order valence-electron chi connectivity index (χ1n) is 4.86. The molecule has 0 amide bonds. The maximum Gasteiger partial charge on any atom is 0.302 e. The number of ether oxygens (including phenoxy) is 3. The van der Waals surface area contributed by atoms with Crippen LogP contribution in [-0.2, 0) is 19.0 Å². The Balaban J connectivity index is 2.13. The zero-order valence-electron chi connectivity index (χ0n) is 9.04. The van der Waals surface area contributed by atoms with Gasteiger partial charge in [-0.05, 0) is 0 Å². The summed E-state index contributed by atoms with van der Waals surface area (Å²) in [4.78, 5) is 10.5. The smallest absolute Gasteiger partial charge is 0.302 e. The van der Waals surface area contributed by atoms with Gasteiger partial charge in [-0.1, -0.05) is 13.8 Å². The van der Waals surface area contributed by atoms with E-state index < -0.39 is 0 Å². The molecule has 0 unspecified atom stereocenters. The lowest BCUT2D eigenvalue weighted by Crippen LogP contribution is -2.38. The van der Waals surface area contributed by atoms with E-state index in [-0.39, 0.29) is 17.7 Å². The van der Waals surface area contributed by atoms with Gasteiger partial charge in [0, 0.05) is 18.8 Å². The highest BCUT2D eigenvalue weighted by molar-refractivity contribution is 5.65. The molecule has 0 bridgehead atoms. The molecular weight excluding hydrogens is 184 g/mol. The fraction of sp³-hybridized carbons (Fsp3) is 0.900. The van der Waals surface area contributed by atoms with Crippen molar-refractivity contribution < 1.29 is 19.0 Å². The third kappa shape index (κ3) is 4.07. The van der Waals surface area contributed by atoms with Gasteiger partial charge in [-0.25, -0.2) is 0 Å². The molecule has 0 aromatic heterocycles. The minimum absolute atomic E-state index is 0.0952. The average Bonchev–Trinajstić information content (AvgIpc) is 2.07. The van der Waals surface area contributed by atoms with E-state index in [1.54, 1.807) is 0 Å². The number of carbonyl (C=O) groups excluding carboxylic acids is 1. The molecule has 1 aliphatic rings. The maximum absolute atomic E-state index is 10.5. The topological polar surface area (TPSA) is 44.8 Å². The van der Waals surface area contributed by atoms with Crippen molar-refractivity contribution in [3.05, 3.63) is 0 Å². The first-order valence-corrected chi connectivity index (χ1v) is 4.86. The molecule has 1 saturated heterocycles. The molecule has 82 valence electrons. The average molecular weight is 202 g/mol. The predicted molar refractivity (Wildman–Crippen MR) is 50.7 cm³/mol. The Labute approximate surface area is 84.5 Å². The molecule has 4 nitrogen and oxygen atoms in total. The van der Waals surface area contributed by atoms with E-state index >= 15 is 0 Å². The summed E-state index contributed by atoms with van der Waals surface area (Å²) in [5, 5.41) is 0. The van der Waals surface area contributed by atoms with Gasteiger partial charge in [-0.15, -0.1) is 0 Å². The van der Waals surface area contributed by atoms with Gasteiger partial charge in [0.2, 0.25) is 0 Å². The van der Waals surface area contributed by atoms with Gasteiger partial charge in [-0.2, -0.15) is 0 Å². The van der Waals surface area contributed by atoms with Gasteiger partial charge in [0.1, 0.15) is 0 Å². The molecule has 0 spiro atoms. The quantitative estimate of drug-likeness (QED) is 0.648. The summed E-state index contributed by atoms with van der Waals surface area (Å²) < 4.78 is 15.7. The predicted octanol–water partition coefficient (Wildman–Crippen LogP) is 1.34. The van der Waals surface area contributed by atoms with Crippen LogP contribution in [0.3, 0.4) is 0 Å². The Kier molecular flexibility index (Phi) is 3.89. The second-order valence-corrected chi connectivity index (χ2v) is 4.34. The summed E-state index contributed by atoms with van der Waals surface area (Å²) in [5.74, 6) is -0.263. The molecule has 1 heterocycles. The second kappa shape index (κ2) is 4.75. The van der Waals surface area contributed by atoms with Gasteiger partial charge in [0.15, 0.2) is 6.29 Å². The summed E-state index contributed by atoms with van der Waals surface area (Å²) in [5.41, 5.74) is 0.0952. The molecule has 4 heteroatoms. The minimum atomic E-state index is -0.263. The van der Waals surface area contributed by atoms with Gasteiger partial charge in [0.25, 0.3) is 0 Å². The molecule has 0 atom stereocenters. The highest BCUT2D eigenvalue weighted by atomic mass is 16.7. The van der Waals surface area contributed by atoms with E-state index in [0.717, 1.165) is 0 Å². The van der Waals surface area contributed by atoms with Crippen molar-refractivity contribution in [1.82, 2.24) is 0 Å². The van der Waals surface area contributed by atoms with Crippen molar-refractivity contribution in [3.8, 4) is 0 Å². The molecule has 0 aromatic rings. The highest BCUT2D eigenvalue weighted by Crippen LogP contribution is 2.23. The number of carbonyl (C=O) groups is 1. The highest BCUT2D eigenvalue weighted by Gasteiger charge is 2.28. The van der Waals surface area contributed by atoms with Gasteiger partial charge >= 0.3 is 5.97 Å². The van der Waals surface area contributed by atoms with E-state index in [1.807, 2.05) is 0 Å². The van der Waals surface area contributed by atoms with Crippen molar-refractivity contribution in [3.63, 3.8) is 0 Å². The van der Waals surface area contributed by atoms with Crippen molar-refractivity contribution >= 4 is 5.97 Å². The zero-order valence-corrected chi connectivity index (χ0v) is 9.04. The normalized spacial score (nSPS) is 21.9. The number of esters is 1. The third-order valence-electron chi connectivity index (χ3n) is 1.98. The molecule has 1 aliphatic heterocycles. The summed E-state index contributed by atoms with van der Waals surface area (Å²) in [6.07, 6.45) is 0.387. The lowest BCUT2D eigenvalue weighted by atomic mass is 9.95. The van der Waals surface area contributed by atoms with Crippen LogP contribution in [0.2, 0.25) is 0 Å². The van der Waals surface area contributed by atoms with Gasteiger partial charge in [0.05, 0.1) is 19.8 Å². The van der Waals surface area contributed by atoms with Crippen LogP contribution in [0.25, 0.3) is 0 Å². The molecule has 0 aliphatic carbocycles. The number of rotatable bonds is 3. The fourth-order valence-electron chi connectivity index (χ4n) is 1.19. The SMILES string of the molecule is CC(=O)OCCC1OCC(C)(C)CO1. The second-order valence-electron chi connectivity index (χ2n) is 4.34. The maximum atomic E-state index is 10.5. The summed E-state index contributed by atoms with van der Waals surface area (Å²) in [6.45, 7) is 7.33. The largest absolute Gasteiger partial charge is 0.466 e. The van der Waals surface area contributed by atoms with Crippen LogP contribution < -0.4 is 0 Å². The van der Waals surface area contributed by atoms with Crippen LogP contribution in [0.4, 0.5) is 0 Å². The van der Waals surface area contributed by atoms with Crippen molar-refractivity contribution in [2.45, 2.75) is 33.5 Å². The standard InChI is InChI=1S/C10H18O4/c1-8(11)12-5-4-9-13-6-10(2,3)7-14-9/h9H,4-7H2,1-3H3. The van der Waals surface area contributed by atoms with Gasteiger partial charge in [-0.3, -0.25) is 4.79 Å². The van der Waals surface area contributed by atoms with Crippen molar-refractivity contribution in [1.29, 1.82) is 0 Å². The first-order chi connectivity index (χ1) is 6.49. The van der Waals surface area contributed by atoms with Crippen LogP contribution >= 0.6 is 0 Å². The Hall–Kier alpha value is -0.610. The van der Waals surface area contributed by atoms with Crippen LogP contribution in [0.5, 0.6) is 0 Å². The van der Waals surface area contributed by atoms with Crippen LogP contribution in [0.15, 0.2) is 0 Å². The molecule has 0 radical (unpaired) electrons. The van der Waals surface area contributed by atoms with E-state index in [0.29, 0.717) is 26.2 Å². The van der Waals surface area contributed by atoms with Crippen LogP contribution in [0, 0.1) is 5.41 Å². The third-order valence-corrected chi connectivity index (χ3v) is 1.98. The molecule has 0 saturated carbocycles. The lowest BCUT2D eigenvalue weighted by Gasteiger charge is -2.34. The van der Waals surface area contributed by atoms with Crippen LogP contribution in [0.1, 0.15) is 27.2 Å². The molecule has 1 fully saturated rings. The molecule has 1 rings (SSSR count). The lowest BCUT2D eigenvalue weighted by molar-refractivity contribution is -0.226. The van der Waals surface area contributed by atoms with E-state index in [9.17, 15) is 4.79 Å². The van der Waals surface area contributed by atoms with Crippen LogP contribution in [-0.4, -0.2) is 32.1 Å². The summed E-state index contributed by atoms with van der Waals surface area (Å²) in [7, 11) is 0. The Morgan fingerprint density at radius 2 is 2.00 bits per heavy atom. The van der Waals surface area contributed by atoms with Crippen molar-refractivity contribution in [2.24, 2.45) is 5.41 Å².